The number of aliphatic hydroxyl groups excluding tert-OH is 6. The summed E-state index contributed by atoms with van der Waals surface area (Å²) in [6.45, 7) is 3.24. The van der Waals surface area contributed by atoms with Crippen molar-refractivity contribution in [1.29, 1.82) is 0 Å². The zero-order valence-corrected chi connectivity index (χ0v) is 36.4. The second kappa shape index (κ2) is 42.6. The van der Waals surface area contributed by atoms with Crippen molar-refractivity contribution in [3.8, 4) is 0 Å². The Labute approximate surface area is 317 Å². The number of aliphatic hydroxyl groups is 6. The van der Waals surface area contributed by atoms with E-state index < -0.39 is 55.5 Å². The summed E-state index contributed by atoms with van der Waals surface area (Å²) >= 11 is 0. The normalized spacial score (nSPS) is 11.4. The van der Waals surface area contributed by atoms with E-state index >= 15 is 0 Å². The van der Waals surface area contributed by atoms with E-state index in [0.29, 0.717) is 57.0 Å². The molecular weight excluding hydrogens is 816 g/mol. The third kappa shape index (κ3) is 61.2. The number of quaternary nitrogens is 6. The molecule has 0 aliphatic carbocycles. The fourth-order valence-electron chi connectivity index (χ4n) is 3.91. The van der Waals surface area contributed by atoms with Gasteiger partial charge < -0.3 is 120 Å². The van der Waals surface area contributed by atoms with Gasteiger partial charge in [-0.1, -0.05) is 35.6 Å². The molecule has 0 bridgehead atoms. The van der Waals surface area contributed by atoms with Gasteiger partial charge in [-0.05, 0) is 25.9 Å². The van der Waals surface area contributed by atoms with Crippen LogP contribution < -0.4 is 66.3 Å². The highest BCUT2D eigenvalue weighted by Gasteiger charge is 2.19. The average molecular weight is 893 g/mol. The maximum absolute atomic E-state index is 11.0. The smallest absolute Gasteiger partial charge is 0.339 e. The lowest BCUT2D eigenvalue weighted by molar-refractivity contribution is -0.319. The van der Waals surface area contributed by atoms with E-state index in [1.807, 2.05) is 0 Å². The average Bonchev–Trinajstić information content (AvgIpc) is 2.88. The third-order valence-electron chi connectivity index (χ3n) is 5.70. The molecule has 0 rings (SSSR count). The van der Waals surface area contributed by atoms with Crippen molar-refractivity contribution in [2.45, 2.75) is 25.7 Å². The summed E-state index contributed by atoms with van der Waals surface area (Å²) in [7, 11) is -19.7. The van der Waals surface area contributed by atoms with Gasteiger partial charge in [-0.15, -0.1) is 0 Å². The van der Waals surface area contributed by atoms with Crippen LogP contribution in [0.3, 0.4) is 0 Å². The van der Waals surface area contributed by atoms with E-state index in [1.165, 1.54) is 0 Å². The lowest BCUT2D eigenvalue weighted by atomic mass is 10.2. The van der Waals surface area contributed by atoms with E-state index in [-0.39, 0.29) is 102 Å². The first-order valence-electron chi connectivity index (χ1n) is 14.7. The first-order valence-corrected chi connectivity index (χ1v) is 21.7. The molecule has 54 heavy (non-hydrogen) atoms. The number of unbranched alkanes of at least 4 members (excludes halogenated alkanes) is 3. The summed E-state index contributed by atoms with van der Waals surface area (Å²) < 4.78 is 43.3. The topological polar surface area (TPSA) is 600 Å². The Morgan fingerprint density at radius 1 is 0.333 bits per heavy atom. The fourth-order valence-corrected chi connectivity index (χ4v) is 7.18. The Morgan fingerprint density at radius 2 is 0.537 bits per heavy atom. The fraction of sp³-hybridized carbons (Fsp3) is 1.00. The van der Waals surface area contributed by atoms with Gasteiger partial charge >= 0.3 is 7.60 Å². The summed E-state index contributed by atoms with van der Waals surface area (Å²) in [5.41, 5.74) is 0. The first-order chi connectivity index (χ1) is 22.1. The monoisotopic (exact) mass is 892 g/mol. The molecule has 32 heteroatoms. The van der Waals surface area contributed by atoms with Crippen LogP contribution in [0.5, 0.6) is 0 Å². The minimum absolute atomic E-state index is 0. The maximum atomic E-state index is 11.0. The Bertz CT molecular complexity index is 817. The van der Waals surface area contributed by atoms with Crippen LogP contribution in [0.15, 0.2) is 0 Å². The molecule has 0 unspecified atom stereocenters. The highest BCUT2D eigenvalue weighted by Crippen LogP contribution is 2.37. The molecule has 28 nitrogen and oxygen atoms in total. The van der Waals surface area contributed by atoms with Crippen LogP contribution in [0.1, 0.15) is 25.7 Å². The number of rotatable bonds is 27. The molecule has 0 aliphatic rings. The molecule has 0 aromatic carbocycles. The molecule has 0 amide bonds. The molecule has 0 aliphatic heterocycles. The van der Waals surface area contributed by atoms with Crippen molar-refractivity contribution in [1.82, 2.24) is 56.5 Å². The lowest BCUT2D eigenvalue weighted by Gasteiger charge is -2.41. The van der Waals surface area contributed by atoms with Gasteiger partial charge in [-0.3, -0.25) is 24.2 Å². The Hall–Kier alpha value is -0.0400. The zero-order valence-electron chi connectivity index (χ0n) is 32.8. The number of nitrogens with zero attached hydrogens (tertiary/aromatic N) is 4. The molecule has 32 N–H and O–H groups in total. The molecule has 0 radical (unpaired) electrons. The molecule has 0 aromatic rings. The number of hydrogen-bond acceptors (Lipinski definition) is 20. The van der Waals surface area contributed by atoms with Gasteiger partial charge in [0.15, 0.2) is 0 Å². The molecule has 0 saturated heterocycles. The summed E-state index contributed by atoms with van der Waals surface area (Å²) in [5.74, 6) is 0. The second-order valence-corrected chi connectivity index (χ2v) is 16.4. The van der Waals surface area contributed by atoms with Gasteiger partial charge in [0.2, 0.25) is 0 Å². The van der Waals surface area contributed by atoms with Gasteiger partial charge in [-0.25, -0.2) is 0 Å². The first kappa shape index (κ1) is 74.9. The minimum atomic E-state index is -5.06. The van der Waals surface area contributed by atoms with Crippen molar-refractivity contribution in [2.75, 3.05) is 117 Å². The summed E-state index contributed by atoms with van der Waals surface area (Å²) in [6, 6.07) is 0. The molecule has 0 aromatic heterocycles. The van der Waals surface area contributed by atoms with Gasteiger partial charge in [-0.2, -0.15) is 0 Å². The Kier molecular flexibility index (Phi) is 59.0. The molecule has 0 heterocycles. The van der Waals surface area contributed by atoms with E-state index in [0.717, 1.165) is 4.90 Å². The van der Waals surface area contributed by atoms with Gasteiger partial charge in [0.25, 0.3) is 0 Å². The lowest BCUT2D eigenvalue weighted by Crippen LogP contribution is -2.36. The predicted octanol–water partition coefficient (Wildman–Crippen LogP) is -5.31. The third-order valence-corrected chi connectivity index (χ3v) is 8.71. The standard InChI is InChI=1S/C10H28N2O12P4.2C6H15NO3.6H3N/c13-25(14,15)7-11(8-26(16,17)18)5-3-1-2-4-6-12(9-27(19,20)21)10-28(22,23)24;2*8-4-1-7(2-5-9)3-6-10;;;;;;/h1-10H2,(H2,13,14,15)(H2,16,17,18)(H2,19,20,21)(H2,22,23,24);2*8-10H,1-6H2;6*1H3. The number of hydrogen-bond donors (Lipinski definition) is 14. The largest absolute Gasteiger partial charge is 0.810 e. The molecule has 342 valence electrons. The van der Waals surface area contributed by atoms with Gasteiger partial charge in [0, 0.05) is 58.1 Å². The quantitative estimate of drug-likeness (QED) is 0.0270. The van der Waals surface area contributed by atoms with Crippen LogP contribution in [0.25, 0.3) is 0 Å². The van der Waals surface area contributed by atoms with Crippen LogP contribution >= 0.6 is 30.4 Å². The SMILES string of the molecule is O=P([O-])([O-])CN(CCCCCCN(CP(=O)([O-])[O-])CP(=O)(O)O)CP(=O)([O-])[O-].OCCN(CCO)CCO.OCCN(CCO)CCO.[NH4+].[NH4+].[NH4+].[NH4+].[NH4+].[NH4+]. The van der Waals surface area contributed by atoms with E-state index in [1.54, 1.807) is 9.80 Å². The molecule has 0 saturated carbocycles. The summed E-state index contributed by atoms with van der Waals surface area (Å²) in [6.07, 6.45) is -3.00. The Balaban J connectivity index is -0.0000000931. The van der Waals surface area contributed by atoms with E-state index in [9.17, 15) is 47.6 Å². The van der Waals surface area contributed by atoms with Crippen molar-refractivity contribution in [2.24, 2.45) is 0 Å². The van der Waals surface area contributed by atoms with Crippen molar-refractivity contribution in [3.63, 3.8) is 0 Å². The van der Waals surface area contributed by atoms with Crippen molar-refractivity contribution >= 4 is 30.4 Å². The van der Waals surface area contributed by atoms with Crippen molar-refractivity contribution < 1.29 is 88.0 Å². The second-order valence-electron chi connectivity index (χ2n) is 10.3. The van der Waals surface area contributed by atoms with E-state index in [4.69, 9.17) is 40.4 Å². The van der Waals surface area contributed by atoms with Gasteiger partial charge in [0.1, 0.15) is 6.29 Å². The van der Waals surface area contributed by atoms with Crippen LogP contribution in [0.2, 0.25) is 0 Å². The maximum Gasteiger partial charge on any atom is 0.339 e. The molecule has 0 fully saturated rings. The minimum Gasteiger partial charge on any atom is -0.810 e. The Morgan fingerprint density at radius 3 is 0.704 bits per heavy atom. The molecule has 0 atom stereocenters. The van der Waals surface area contributed by atoms with Crippen LogP contribution in [-0.2, 0) is 18.3 Å². The van der Waals surface area contributed by atoms with Crippen LogP contribution in [-0.4, -0.2) is 177 Å². The summed E-state index contributed by atoms with van der Waals surface area (Å²) in [5, 5.41) is 50.9. The van der Waals surface area contributed by atoms with Gasteiger partial charge in [0.05, 0.1) is 39.6 Å². The highest BCUT2D eigenvalue weighted by molar-refractivity contribution is 7.52. The van der Waals surface area contributed by atoms with E-state index in [2.05, 4.69) is 0 Å². The predicted molar refractivity (Wildman–Crippen MR) is 198 cm³/mol. The summed E-state index contributed by atoms with van der Waals surface area (Å²) in [4.78, 5) is 87.5. The van der Waals surface area contributed by atoms with Crippen molar-refractivity contribution in [3.05, 3.63) is 0 Å². The van der Waals surface area contributed by atoms with Crippen LogP contribution in [0.4, 0.5) is 0 Å². The molecule has 0 spiro atoms. The molecular formula is C22H76N10O18P4. The van der Waals surface area contributed by atoms with Crippen LogP contribution in [0, 0.1) is 0 Å². The highest BCUT2D eigenvalue weighted by atomic mass is 31.2. The zero-order chi connectivity index (χ0) is 37.9.